The van der Waals surface area contributed by atoms with Crippen molar-refractivity contribution < 1.29 is 19.7 Å². The number of hydrogen-bond acceptors (Lipinski definition) is 3. The number of carboxylic acid groups (broad SMARTS) is 1. The van der Waals surface area contributed by atoms with Gasteiger partial charge in [-0.05, 0) is 48.2 Å². The summed E-state index contributed by atoms with van der Waals surface area (Å²) in [4.78, 5) is 10.8. The van der Waals surface area contributed by atoms with Crippen molar-refractivity contribution >= 4 is 17.6 Å². The van der Waals surface area contributed by atoms with Crippen LogP contribution in [0.1, 0.15) is 36.5 Å². The van der Waals surface area contributed by atoms with Gasteiger partial charge in [0.15, 0.2) is 0 Å². The number of hydrogen-bond donors (Lipinski definition) is 2. The maximum Gasteiger partial charge on any atom is 0.307 e. The van der Waals surface area contributed by atoms with Crippen molar-refractivity contribution in [2.45, 2.75) is 33.1 Å². The van der Waals surface area contributed by atoms with Gasteiger partial charge in [0.1, 0.15) is 17.2 Å². The standard InChI is InChI=1S/C18H19ClO4/c1-10(2)14-9-13(4-5-16(14)20)23-18-11(3)6-12(7-15(18)19)8-17(21)22/h4-7,9-10,20H,8H2,1-3H3,(H,21,22). The monoisotopic (exact) mass is 334 g/mol. The fourth-order valence-electron chi connectivity index (χ4n) is 2.38. The topological polar surface area (TPSA) is 66.8 Å². The minimum atomic E-state index is -0.908. The molecule has 0 aromatic heterocycles. The molecule has 0 heterocycles. The van der Waals surface area contributed by atoms with Gasteiger partial charge in [-0.25, -0.2) is 0 Å². The van der Waals surface area contributed by atoms with E-state index >= 15 is 0 Å². The lowest BCUT2D eigenvalue weighted by molar-refractivity contribution is -0.136. The fraction of sp³-hybridized carbons (Fsp3) is 0.278. The smallest absolute Gasteiger partial charge is 0.307 e. The maximum absolute atomic E-state index is 10.8. The van der Waals surface area contributed by atoms with Gasteiger partial charge in [0.05, 0.1) is 11.4 Å². The van der Waals surface area contributed by atoms with Gasteiger partial charge in [0.2, 0.25) is 0 Å². The molecule has 122 valence electrons. The van der Waals surface area contributed by atoms with Gasteiger partial charge in [-0.15, -0.1) is 0 Å². The maximum atomic E-state index is 10.8. The normalized spacial score (nSPS) is 10.8. The van der Waals surface area contributed by atoms with E-state index in [-0.39, 0.29) is 18.1 Å². The summed E-state index contributed by atoms with van der Waals surface area (Å²) in [7, 11) is 0. The Labute approximate surface area is 140 Å². The van der Waals surface area contributed by atoms with E-state index in [4.69, 9.17) is 21.4 Å². The molecule has 0 aliphatic rings. The third-order valence-corrected chi connectivity index (χ3v) is 3.77. The number of halogens is 1. The summed E-state index contributed by atoms with van der Waals surface area (Å²) in [5, 5.41) is 19.1. The molecule has 2 rings (SSSR count). The Bertz CT molecular complexity index is 715. The molecular formula is C18H19ClO4. The van der Waals surface area contributed by atoms with Crippen LogP contribution in [0.2, 0.25) is 5.02 Å². The van der Waals surface area contributed by atoms with Crippen molar-refractivity contribution in [1.29, 1.82) is 0 Å². The van der Waals surface area contributed by atoms with Crippen LogP contribution in [-0.2, 0) is 11.2 Å². The van der Waals surface area contributed by atoms with Crippen molar-refractivity contribution in [2.75, 3.05) is 0 Å². The molecule has 0 atom stereocenters. The van der Waals surface area contributed by atoms with Crippen molar-refractivity contribution in [3.63, 3.8) is 0 Å². The van der Waals surface area contributed by atoms with Crippen LogP contribution in [0.3, 0.4) is 0 Å². The van der Waals surface area contributed by atoms with E-state index in [2.05, 4.69) is 0 Å². The van der Waals surface area contributed by atoms with E-state index in [0.29, 0.717) is 22.1 Å². The third kappa shape index (κ3) is 4.17. The zero-order valence-corrected chi connectivity index (χ0v) is 14.0. The average molecular weight is 335 g/mol. The van der Waals surface area contributed by atoms with Gasteiger partial charge < -0.3 is 14.9 Å². The van der Waals surface area contributed by atoms with Gasteiger partial charge >= 0.3 is 5.97 Å². The number of rotatable bonds is 5. The van der Waals surface area contributed by atoms with Crippen molar-refractivity contribution in [3.8, 4) is 17.2 Å². The zero-order valence-electron chi connectivity index (χ0n) is 13.3. The summed E-state index contributed by atoms with van der Waals surface area (Å²) >= 11 is 6.23. The number of phenolic OH excluding ortho intramolecular Hbond substituents is 1. The van der Waals surface area contributed by atoms with Crippen LogP contribution in [0.25, 0.3) is 0 Å². The predicted octanol–water partition coefficient (Wildman–Crippen LogP) is 4.90. The first-order valence-corrected chi connectivity index (χ1v) is 7.67. The second-order valence-corrected chi connectivity index (χ2v) is 6.18. The first-order chi connectivity index (χ1) is 10.8. The second-order valence-electron chi connectivity index (χ2n) is 5.77. The lowest BCUT2D eigenvalue weighted by atomic mass is 10.0. The van der Waals surface area contributed by atoms with Crippen LogP contribution >= 0.6 is 11.6 Å². The number of carboxylic acids is 1. The van der Waals surface area contributed by atoms with Crippen molar-refractivity contribution in [3.05, 3.63) is 52.0 Å². The first kappa shape index (κ1) is 17.2. The number of aromatic hydroxyl groups is 1. The molecule has 4 nitrogen and oxygen atoms in total. The van der Waals surface area contributed by atoms with Gasteiger partial charge in [0.25, 0.3) is 0 Å². The lowest BCUT2D eigenvalue weighted by Crippen LogP contribution is -2.01. The second kappa shape index (κ2) is 6.92. The van der Waals surface area contributed by atoms with Gasteiger partial charge in [-0.3, -0.25) is 4.79 Å². The van der Waals surface area contributed by atoms with E-state index in [9.17, 15) is 9.90 Å². The number of aliphatic carboxylic acids is 1. The van der Waals surface area contributed by atoms with E-state index in [0.717, 1.165) is 11.1 Å². The van der Waals surface area contributed by atoms with Crippen LogP contribution in [-0.4, -0.2) is 16.2 Å². The Morgan fingerprint density at radius 3 is 2.52 bits per heavy atom. The van der Waals surface area contributed by atoms with Crippen LogP contribution < -0.4 is 4.74 Å². The highest BCUT2D eigenvalue weighted by molar-refractivity contribution is 6.32. The van der Waals surface area contributed by atoms with E-state index in [1.165, 1.54) is 0 Å². The summed E-state index contributed by atoms with van der Waals surface area (Å²) in [5.74, 6) is 0.540. The number of ether oxygens (including phenoxy) is 1. The molecule has 2 aromatic carbocycles. The van der Waals surface area contributed by atoms with E-state index in [1.54, 1.807) is 30.3 Å². The zero-order chi connectivity index (χ0) is 17.1. The molecule has 23 heavy (non-hydrogen) atoms. The van der Waals surface area contributed by atoms with Crippen molar-refractivity contribution in [1.82, 2.24) is 0 Å². The van der Waals surface area contributed by atoms with Crippen molar-refractivity contribution in [2.24, 2.45) is 0 Å². The Kier molecular flexibility index (Phi) is 5.16. The van der Waals surface area contributed by atoms with E-state index < -0.39 is 5.97 Å². The number of phenols is 1. The molecule has 0 unspecified atom stereocenters. The minimum absolute atomic E-state index is 0.0858. The molecule has 0 spiro atoms. The quantitative estimate of drug-likeness (QED) is 0.816. The molecule has 0 saturated carbocycles. The number of carbonyl (C=O) groups is 1. The lowest BCUT2D eigenvalue weighted by Gasteiger charge is -2.15. The molecule has 0 fully saturated rings. The molecule has 0 radical (unpaired) electrons. The number of benzene rings is 2. The van der Waals surface area contributed by atoms with Crippen LogP contribution in [0.4, 0.5) is 0 Å². The fourth-order valence-corrected chi connectivity index (χ4v) is 2.71. The van der Waals surface area contributed by atoms with Gasteiger partial charge in [-0.2, -0.15) is 0 Å². The predicted molar refractivity (Wildman–Crippen MR) is 89.8 cm³/mol. The highest BCUT2D eigenvalue weighted by atomic mass is 35.5. The SMILES string of the molecule is Cc1cc(CC(=O)O)cc(Cl)c1Oc1ccc(O)c(C(C)C)c1. The Balaban J connectivity index is 2.33. The van der Waals surface area contributed by atoms with Gasteiger partial charge in [-0.1, -0.05) is 31.5 Å². The summed E-state index contributed by atoms with van der Waals surface area (Å²) in [5.41, 5.74) is 2.17. The molecule has 5 heteroatoms. The van der Waals surface area contributed by atoms with Crippen LogP contribution in [0, 0.1) is 6.92 Å². The van der Waals surface area contributed by atoms with Crippen LogP contribution in [0.5, 0.6) is 17.2 Å². The Hall–Kier alpha value is -2.20. The summed E-state index contributed by atoms with van der Waals surface area (Å²) in [6.45, 7) is 5.78. The van der Waals surface area contributed by atoms with E-state index in [1.807, 2.05) is 20.8 Å². The Morgan fingerprint density at radius 1 is 1.26 bits per heavy atom. The molecule has 2 N–H and O–H groups in total. The van der Waals surface area contributed by atoms with Crippen LogP contribution in [0.15, 0.2) is 30.3 Å². The molecule has 0 saturated heterocycles. The first-order valence-electron chi connectivity index (χ1n) is 7.29. The Morgan fingerprint density at radius 2 is 1.96 bits per heavy atom. The summed E-state index contributed by atoms with van der Waals surface area (Å²) < 4.78 is 5.86. The minimum Gasteiger partial charge on any atom is -0.508 e. The molecule has 0 aliphatic heterocycles. The highest BCUT2D eigenvalue weighted by Gasteiger charge is 2.13. The number of aryl methyl sites for hydroxylation is 1. The highest BCUT2D eigenvalue weighted by Crippen LogP contribution is 2.36. The summed E-state index contributed by atoms with van der Waals surface area (Å²) in [6.07, 6.45) is -0.0858. The molecule has 2 aromatic rings. The third-order valence-electron chi connectivity index (χ3n) is 3.49. The molecule has 0 amide bonds. The average Bonchev–Trinajstić information content (AvgIpc) is 2.43. The molecular weight excluding hydrogens is 316 g/mol. The molecule has 0 aliphatic carbocycles. The largest absolute Gasteiger partial charge is 0.508 e. The van der Waals surface area contributed by atoms with Gasteiger partial charge in [0, 0.05) is 5.56 Å². The summed E-state index contributed by atoms with van der Waals surface area (Å²) in [6, 6.07) is 8.39. The molecule has 0 bridgehead atoms.